The Morgan fingerprint density at radius 3 is 2.47 bits per heavy atom. The van der Waals surface area contributed by atoms with Crippen LogP contribution in [0.5, 0.6) is 0 Å². The Labute approximate surface area is 100 Å². The van der Waals surface area contributed by atoms with E-state index in [1.165, 1.54) is 0 Å². The molecule has 1 unspecified atom stereocenters. The lowest BCUT2D eigenvalue weighted by molar-refractivity contribution is -0.119. The first-order valence-electron chi connectivity index (χ1n) is 5.06. The van der Waals surface area contributed by atoms with Gasteiger partial charge >= 0.3 is 0 Å². The standard InChI is InChI=1S/C11H15NO4S/c1-17(15,16)8-11(14)12-7-10(13)9-5-3-2-4-6-9/h2-6,10,13H,7-8H2,1H3,(H,12,14). The summed E-state index contributed by atoms with van der Waals surface area (Å²) in [6.45, 7) is -0.00162. The van der Waals surface area contributed by atoms with Gasteiger partial charge in [0.2, 0.25) is 5.91 Å². The van der Waals surface area contributed by atoms with Gasteiger partial charge in [-0.05, 0) is 5.56 Å². The summed E-state index contributed by atoms with van der Waals surface area (Å²) in [6, 6.07) is 8.83. The minimum atomic E-state index is -3.33. The molecule has 1 amide bonds. The largest absolute Gasteiger partial charge is 0.387 e. The highest BCUT2D eigenvalue weighted by Crippen LogP contribution is 2.10. The Morgan fingerprint density at radius 1 is 1.35 bits per heavy atom. The van der Waals surface area contributed by atoms with Crippen LogP contribution in [0.25, 0.3) is 0 Å². The molecule has 0 aliphatic heterocycles. The van der Waals surface area contributed by atoms with Crippen molar-refractivity contribution in [1.29, 1.82) is 0 Å². The first-order chi connectivity index (χ1) is 7.88. The second-order valence-corrected chi connectivity index (χ2v) is 5.94. The van der Waals surface area contributed by atoms with Crippen LogP contribution in [0, 0.1) is 0 Å². The summed E-state index contributed by atoms with van der Waals surface area (Å²) in [5, 5.41) is 12.1. The molecule has 2 N–H and O–H groups in total. The summed E-state index contributed by atoms with van der Waals surface area (Å²) >= 11 is 0. The van der Waals surface area contributed by atoms with Gasteiger partial charge in [0.15, 0.2) is 9.84 Å². The molecule has 0 aromatic heterocycles. The van der Waals surface area contributed by atoms with E-state index in [9.17, 15) is 18.3 Å². The maximum atomic E-state index is 11.2. The minimum Gasteiger partial charge on any atom is -0.387 e. The zero-order valence-electron chi connectivity index (χ0n) is 9.46. The van der Waals surface area contributed by atoms with Gasteiger partial charge in [0.1, 0.15) is 5.75 Å². The topological polar surface area (TPSA) is 83.5 Å². The van der Waals surface area contributed by atoms with E-state index in [2.05, 4.69) is 5.32 Å². The lowest BCUT2D eigenvalue weighted by atomic mass is 10.1. The van der Waals surface area contributed by atoms with Crippen LogP contribution < -0.4 is 5.32 Å². The van der Waals surface area contributed by atoms with Crippen LogP contribution in [0.4, 0.5) is 0 Å². The number of hydrogen-bond donors (Lipinski definition) is 2. The Morgan fingerprint density at radius 2 is 1.94 bits per heavy atom. The lowest BCUT2D eigenvalue weighted by Crippen LogP contribution is -2.33. The summed E-state index contributed by atoms with van der Waals surface area (Å²) < 4.78 is 21.7. The maximum Gasteiger partial charge on any atom is 0.235 e. The number of carbonyl (C=O) groups is 1. The number of amides is 1. The van der Waals surface area contributed by atoms with Gasteiger partial charge in [-0.1, -0.05) is 30.3 Å². The zero-order chi connectivity index (χ0) is 12.9. The number of aliphatic hydroxyl groups excluding tert-OH is 1. The molecule has 0 heterocycles. The van der Waals surface area contributed by atoms with Gasteiger partial charge < -0.3 is 10.4 Å². The van der Waals surface area contributed by atoms with Crippen molar-refractivity contribution < 1.29 is 18.3 Å². The van der Waals surface area contributed by atoms with Crippen LogP contribution in [0.15, 0.2) is 30.3 Å². The number of sulfone groups is 1. The molecule has 6 heteroatoms. The van der Waals surface area contributed by atoms with Crippen LogP contribution in [0.2, 0.25) is 0 Å². The SMILES string of the molecule is CS(=O)(=O)CC(=O)NCC(O)c1ccccc1. The molecule has 0 saturated heterocycles. The third kappa shape index (κ3) is 5.46. The third-order valence-corrected chi connectivity index (χ3v) is 2.86. The van der Waals surface area contributed by atoms with Gasteiger partial charge in [0.25, 0.3) is 0 Å². The lowest BCUT2D eigenvalue weighted by Gasteiger charge is -2.11. The number of carbonyl (C=O) groups excluding carboxylic acids is 1. The molecule has 0 saturated carbocycles. The Hall–Kier alpha value is -1.40. The van der Waals surface area contributed by atoms with Gasteiger partial charge in [0, 0.05) is 12.8 Å². The van der Waals surface area contributed by atoms with E-state index in [4.69, 9.17) is 0 Å². The predicted octanol–water partition coefficient (Wildman–Crippen LogP) is -0.119. The van der Waals surface area contributed by atoms with Gasteiger partial charge in [-0.2, -0.15) is 0 Å². The van der Waals surface area contributed by atoms with Crippen molar-refractivity contribution >= 4 is 15.7 Å². The molecule has 0 aliphatic carbocycles. The molecule has 17 heavy (non-hydrogen) atoms. The van der Waals surface area contributed by atoms with Crippen LogP contribution in [0.3, 0.4) is 0 Å². The summed E-state index contributed by atoms with van der Waals surface area (Å²) in [5.41, 5.74) is 0.673. The zero-order valence-corrected chi connectivity index (χ0v) is 10.3. The summed E-state index contributed by atoms with van der Waals surface area (Å²) in [5.74, 6) is -1.17. The molecule has 94 valence electrons. The first-order valence-corrected chi connectivity index (χ1v) is 7.12. The predicted molar refractivity (Wildman–Crippen MR) is 64.1 cm³/mol. The molecule has 0 spiro atoms. The van der Waals surface area contributed by atoms with Gasteiger partial charge in [-0.3, -0.25) is 4.79 Å². The smallest absolute Gasteiger partial charge is 0.235 e. The molecule has 1 atom stereocenters. The molecule has 5 nitrogen and oxygen atoms in total. The van der Waals surface area contributed by atoms with Crippen molar-refractivity contribution in [3.05, 3.63) is 35.9 Å². The van der Waals surface area contributed by atoms with Crippen molar-refractivity contribution in [3.8, 4) is 0 Å². The molecule has 1 rings (SSSR count). The van der Waals surface area contributed by atoms with Crippen molar-refractivity contribution in [1.82, 2.24) is 5.32 Å². The van der Waals surface area contributed by atoms with Crippen molar-refractivity contribution in [2.45, 2.75) is 6.10 Å². The Balaban J connectivity index is 2.44. The van der Waals surface area contributed by atoms with Crippen molar-refractivity contribution in [3.63, 3.8) is 0 Å². The molecule has 0 aliphatic rings. The van der Waals surface area contributed by atoms with E-state index in [0.29, 0.717) is 5.56 Å². The van der Waals surface area contributed by atoms with Crippen LogP contribution >= 0.6 is 0 Å². The maximum absolute atomic E-state index is 11.2. The normalized spacial score (nSPS) is 13.1. The van der Waals surface area contributed by atoms with Crippen LogP contribution in [0.1, 0.15) is 11.7 Å². The Kier molecular flexibility index (Phi) is 4.65. The highest BCUT2D eigenvalue weighted by molar-refractivity contribution is 7.91. The van der Waals surface area contributed by atoms with E-state index in [-0.39, 0.29) is 6.54 Å². The highest BCUT2D eigenvalue weighted by Gasteiger charge is 2.13. The van der Waals surface area contributed by atoms with Crippen LogP contribution in [-0.2, 0) is 14.6 Å². The second kappa shape index (κ2) is 5.79. The first kappa shape index (κ1) is 13.7. The monoisotopic (exact) mass is 257 g/mol. The number of nitrogens with one attached hydrogen (secondary N) is 1. The van der Waals surface area contributed by atoms with Gasteiger partial charge in [-0.15, -0.1) is 0 Å². The van der Waals surface area contributed by atoms with Crippen molar-refractivity contribution in [2.75, 3.05) is 18.6 Å². The average molecular weight is 257 g/mol. The number of benzene rings is 1. The fourth-order valence-electron chi connectivity index (χ4n) is 1.29. The molecule has 0 fully saturated rings. The number of hydrogen-bond acceptors (Lipinski definition) is 4. The van der Waals surface area contributed by atoms with Gasteiger partial charge in [-0.25, -0.2) is 8.42 Å². The fraction of sp³-hybridized carbons (Fsp3) is 0.364. The third-order valence-electron chi connectivity index (χ3n) is 2.07. The summed E-state index contributed by atoms with van der Waals surface area (Å²) in [4.78, 5) is 11.2. The molecular weight excluding hydrogens is 242 g/mol. The molecule has 1 aromatic rings. The Bertz CT molecular complexity index is 470. The summed E-state index contributed by atoms with van der Waals surface area (Å²) in [7, 11) is -3.33. The average Bonchev–Trinajstić information content (AvgIpc) is 2.25. The molecule has 0 radical (unpaired) electrons. The molecular formula is C11H15NO4S. The summed E-state index contributed by atoms with van der Waals surface area (Å²) in [6.07, 6.45) is 0.153. The van der Waals surface area contributed by atoms with E-state index in [0.717, 1.165) is 6.26 Å². The quantitative estimate of drug-likeness (QED) is 0.770. The van der Waals surface area contributed by atoms with E-state index >= 15 is 0 Å². The molecule has 0 bridgehead atoms. The van der Waals surface area contributed by atoms with Crippen molar-refractivity contribution in [2.24, 2.45) is 0 Å². The second-order valence-electron chi connectivity index (χ2n) is 3.80. The molecule has 1 aromatic carbocycles. The number of rotatable bonds is 5. The fourth-order valence-corrected chi connectivity index (χ4v) is 1.87. The van der Waals surface area contributed by atoms with Gasteiger partial charge in [0.05, 0.1) is 6.10 Å². The van der Waals surface area contributed by atoms with E-state index in [1.807, 2.05) is 6.07 Å². The number of aliphatic hydroxyl groups is 1. The highest BCUT2D eigenvalue weighted by atomic mass is 32.2. The van der Waals surface area contributed by atoms with E-state index in [1.54, 1.807) is 24.3 Å². The van der Waals surface area contributed by atoms with E-state index < -0.39 is 27.6 Å². The minimum absolute atomic E-state index is 0.00162. The van der Waals surface area contributed by atoms with Crippen LogP contribution in [-0.4, -0.2) is 38.0 Å².